The van der Waals surface area contributed by atoms with Crippen LogP contribution in [-0.2, 0) is 14.8 Å². The zero-order valence-electron chi connectivity index (χ0n) is 16.9. The van der Waals surface area contributed by atoms with Crippen LogP contribution in [-0.4, -0.2) is 58.2 Å². The molecule has 6 nitrogen and oxygen atoms in total. The summed E-state index contributed by atoms with van der Waals surface area (Å²) in [6, 6.07) is 5.75. The largest absolute Gasteiger partial charge is 0.356 e. The van der Waals surface area contributed by atoms with Gasteiger partial charge in [-0.3, -0.25) is 9.10 Å². The van der Waals surface area contributed by atoms with Crippen molar-refractivity contribution in [2.24, 2.45) is 5.92 Å². The van der Waals surface area contributed by atoms with Crippen LogP contribution in [0.4, 0.5) is 10.1 Å². The molecule has 1 fully saturated rings. The van der Waals surface area contributed by atoms with E-state index in [1.807, 2.05) is 0 Å². The van der Waals surface area contributed by atoms with E-state index >= 15 is 0 Å². The number of carbonyl (C=O) groups excluding carboxylic acids is 1. The molecule has 1 amide bonds. The van der Waals surface area contributed by atoms with Crippen molar-refractivity contribution in [3.05, 3.63) is 30.1 Å². The molecule has 158 valence electrons. The summed E-state index contributed by atoms with van der Waals surface area (Å²) in [6.07, 6.45) is 5.03. The van der Waals surface area contributed by atoms with E-state index in [0.717, 1.165) is 42.5 Å². The van der Waals surface area contributed by atoms with Crippen molar-refractivity contribution < 1.29 is 17.6 Å². The molecule has 1 aliphatic heterocycles. The van der Waals surface area contributed by atoms with Gasteiger partial charge in [0.25, 0.3) is 0 Å². The maximum atomic E-state index is 13.9. The second kappa shape index (κ2) is 10.8. The lowest BCUT2D eigenvalue weighted by molar-refractivity contribution is -0.121. The Bertz CT molecular complexity index is 742. The molecule has 0 aromatic heterocycles. The van der Waals surface area contributed by atoms with Gasteiger partial charge in [0.15, 0.2) is 0 Å². The van der Waals surface area contributed by atoms with Crippen molar-refractivity contribution in [1.29, 1.82) is 0 Å². The van der Waals surface area contributed by atoms with Crippen molar-refractivity contribution in [1.82, 2.24) is 10.2 Å². The van der Waals surface area contributed by atoms with Gasteiger partial charge in [-0.05, 0) is 56.8 Å². The van der Waals surface area contributed by atoms with E-state index in [0.29, 0.717) is 13.0 Å². The summed E-state index contributed by atoms with van der Waals surface area (Å²) in [5.74, 6) is 0.0500. The van der Waals surface area contributed by atoms with E-state index in [1.54, 1.807) is 6.07 Å². The standard InChI is InChI=1S/C20H32FN3O3S/c1-17-8-5-13-23(16-17)14-7-12-22-20(25)11-6-15-24(28(2,26)27)19-10-4-3-9-18(19)21/h3-4,9-10,17H,5-8,11-16H2,1-2H3,(H,22,25)/t17-/m1/s1. The molecular formula is C20H32FN3O3S. The van der Waals surface area contributed by atoms with Crippen molar-refractivity contribution in [3.63, 3.8) is 0 Å². The Kier molecular flexibility index (Phi) is 8.69. The smallest absolute Gasteiger partial charge is 0.232 e. The van der Waals surface area contributed by atoms with Crippen LogP contribution in [0.2, 0.25) is 0 Å². The van der Waals surface area contributed by atoms with Gasteiger partial charge in [0, 0.05) is 26.1 Å². The topological polar surface area (TPSA) is 69.7 Å². The monoisotopic (exact) mass is 413 g/mol. The van der Waals surface area contributed by atoms with E-state index in [2.05, 4.69) is 17.1 Å². The van der Waals surface area contributed by atoms with E-state index in [1.165, 1.54) is 31.0 Å². The Labute approximate surface area is 168 Å². The average molecular weight is 414 g/mol. The Hall–Kier alpha value is -1.67. The second-order valence-electron chi connectivity index (χ2n) is 7.64. The number of rotatable bonds is 10. The summed E-state index contributed by atoms with van der Waals surface area (Å²) in [6.45, 7) is 6.21. The number of likely N-dealkylation sites (tertiary alicyclic amines) is 1. The molecule has 0 spiro atoms. The zero-order valence-corrected chi connectivity index (χ0v) is 17.7. The van der Waals surface area contributed by atoms with Gasteiger partial charge in [-0.1, -0.05) is 19.1 Å². The molecule has 1 N–H and O–H groups in total. The van der Waals surface area contributed by atoms with Crippen LogP contribution >= 0.6 is 0 Å². The van der Waals surface area contributed by atoms with E-state index in [4.69, 9.17) is 0 Å². The molecular weight excluding hydrogens is 381 g/mol. The SMILES string of the molecule is C[C@@H]1CCCN(CCCNC(=O)CCCN(c2ccccc2F)S(C)(=O)=O)C1. The lowest BCUT2D eigenvalue weighted by atomic mass is 10.0. The second-order valence-corrected chi connectivity index (χ2v) is 9.55. The number of piperidine rings is 1. The molecule has 1 aliphatic rings. The van der Waals surface area contributed by atoms with Crippen LogP contribution in [0.25, 0.3) is 0 Å². The van der Waals surface area contributed by atoms with Gasteiger partial charge >= 0.3 is 0 Å². The van der Waals surface area contributed by atoms with Gasteiger partial charge in [0.05, 0.1) is 11.9 Å². The molecule has 1 saturated heterocycles. The number of halogens is 1. The van der Waals surface area contributed by atoms with Crippen LogP contribution in [0.1, 0.15) is 39.0 Å². The summed E-state index contributed by atoms with van der Waals surface area (Å²) in [4.78, 5) is 14.5. The molecule has 8 heteroatoms. The summed E-state index contributed by atoms with van der Waals surface area (Å²) >= 11 is 0. The molecule has 0 bridgehead atoms. The van der Waals surface area contributed by atoms with Crippen LogP contribution in [0.5, 0.6) is 0 Å². The molecule has 0 saturated carbocycles. The number of hydrogen-bond acceptors (Lipinski definition) is 4. The van der Waals surface area contributed by atoms with Crippen molar-refractivity contribution in [3.8, 4) is 0 Å². The van der Waals surface area contributed by atoms with Crippen LogP contribution in [0.3, 0.4) is 0 Å². The lowest BCUT2D eigenvalue weighted by Crippen LogP contribution is -2.36. The maximum absolute atomic E-state index is 13.9. The first-order valence-electron chi connectivity index (χ1n) is 9.98. The molecule has 0 radical (unpaired) electrons. The highest BCUT2D eigenvalue weighted by Crippen LogP contribution is 2.21. The number of carbonyl (C=O) groups is 1. The molecule has 0 unspecified atom stereocenters. The first-order valence-corrected chi connectivity index (χ1v) is 11.8. The Morgan fingerprint density at radius 1 is 1.32 bits per heavy atom. The normalized spacial score (nSPS) is 18.0. The zero-order chi connectivity index (χ0) is 20.6. The quantitative estimate of drug-likeness (QED) is 0.599. The molecule has 1 aromatic rings. The number of para-hydroxylation sites is 1. The number of sulfonamides is 1. The third kappa shape index (κ3) is 7.39. The first kappa shape index (κ1) is 22.6. The predicted molar refractivity (Wildman–Crippen MR) is 110 cm³/mol. The van der Waals surface area contributed by atoms with Gasteiger partial charge in [-0.15, -0.1) is 0 Å². The minimum absolute atomic E-state index is 0.0150. The molecule has 1 heterocycles. The number of nitrogens with one attached hydrogen (secondary N) is 1. The van der Waals surface area contributed by atoms with E-state index in [-0.39, 0.29) is 24.6 Å². The number of anilines is 1. The van der Waals surface area contributed by atoms with E-state index < -0.39 is 15.8 Å². The molecule has 0 aliphatic carbocycles. The summed E-state index contributed by atoms with van der Waals surface area (Å²) in [7, 11) is -3.62. The number of hydrogen-bond donors (Lipinski definition) is 1. The summed E-state index contributed by atoms with van der Waals surface area (Å²) in [5, 5.41) is 2.89. The van der Waals surface area contributed by atoms with Crippen molar-refractivity contribution >= 4 is 21.6 Å². The van der Waals surface area contributed by atoms with Gasteiger partial charge < -0.3 is 10.2 Å². The Morgan fingerprint density at radius 3 is 2.75 bits per heavy atom. The number of benzene rings is 1. The van der Waals surface area contributed by atoms with Crippen molar-refractivity contribution in [2.45, 2.75) is 39.0 Å². The average Bonchev–Trinajstić information content (AvgIpc) is 2.62. The minimum atomic E-state index is -3.62. The third-order valence-electron chi connectivity index (χ3n) is 5.00. The highest BCUT2D eigenvalue weighted by Gasteiger charge is 2.20. The van der Waals surface area contributed by atoms with Gasteiger partial charge in [-0.25, -0.2) is 12.8 Å². The number of amides is 1. The predicted octanol–water partition coefficient (Wildman–Crippen LogP) is 2.61. The fraction of sp³-hybridized carbons (Fsp3) is 0.650. The fourth-order valence-corrected chi connectivity index (χ4v) is 4.58. The fourth-order valence-electron chi connectivity index (χ4n) is 3.61. The molecule has 28 heavy (non-hydrogen) atoms. The van der Waals surface area contributed by atoms with E-state index in [9.17, 15) is 17.6 Å². The van der Waals surface area contributed by atoms with Gasteiger partial charge in [-0.2, -0.15) is 0 Å². The van der Waals surface area contributed by atoms with Crippen molar-refractivity contribution in [2.75, 3.05) is 43.3 Å². The van der Waals surface area contributed by atoms with Gasteiger partial charge in [0.1, 0.15) is 5.82 Å². The van der Waals surface area contributed by atoms with Crippen LogP contribution in [0.15, 0.2) is 24.3 Å². The summed E-state index contributed by atoms with van der Waals surface area (Å²) < 4.78 is 39.0. The summed E-state index contributed by atoms with van der Waals surface area (Å²) in [5.41, 5.74) is 0.0150. The highest BCUT2D eigenvalue weighted by molar-refractivity contribution is 7.92. The minimum Gasteiger partial charge on any atom is -0.356 e. The Balaban J connectivity index is 1.70. The molecule has 2 rings (SSSR count). The maximum Gasteiger partial charge on any atom is 0.232 e. The Morgan fingerprint density at radius 2 is 2.07 bits per heavy atom. The van der Waals surface area contributed by atoms with Crippen LogP contribution in [0, 0.1) is 11.7 Å². The number of nitrogens with zero attached hydrogens (tertiary/aromatic N) is 2. The lowest BCUT2D eigenvalue weighted by Gasteiger charge is -2.30. The van der Waals surface area contributed by atoms with Crippen LogP contribution < -0.4 is 9.62 Å². The molecule has 1 aromatic carbocycles. The van der Waals surface area contributed by atoms with Gasteiger partial charge in [0.2, 0.25) is 15.9 Å². The highest BCUT2D eigenvalue weighted by atomic mass is 32.2. The first-order chi connectivity index (χ1) is 13.3. The third-order valence-corrected chi connectivity index (χ3v) is 6.18. The molecule has 1 atom stereocenters.